The Morgan fingerprint density at radius 2 is 2.11 bits per heavy atom. The van der Waals surface area contributed by atoms with Gasteiger partial charge in [0, 0.05) is 11.4 Å². The van der Waals surface area contributed by atoms with Crippen molar-refractivity contribution in [1.82, 2.24) is 0 Å². The Morgan fingerprint density at radius 3 is 2.61 bits per heavy atom. The number of anilines is 1. The van der Waals surface area contributed by atoms with Crippen LogP contribution in [0.2, 0.25) is 0 Å². The fourth-order valence-corrected chi connectivity index (χ4v) is 2.02. The number of hydrogen-bond donors (Lipinski definition) is 2. The molecule has 0 bridgehead atoms. The van der Waals surface area contributed by atoms with Crippen molar-refractivity contribution in [2.75, 3.05) is 5.73 Å². The van der Waals surface area contributed by atoms with Gasteiger partial charge in [-0.25, -0.2) is 0 Å². The minimum Gasteiger partial charge on any atom is -0.480 e. The van der Waals surface area contributed by atoms with Crippen LogP contribution in [0.4, 0.5) is 18.9 Å². The summed E-state index contributed by atoms with van der Waals surface area (Å²) in [5.41, 5.74) is 5.31. The van der Waals surface area contributed by atoms with Crippen LogP contribution in [-0.4, -0.2) is 16.3 Å². The van der Waals surface area contributed by atoms with Crippen molar-refractivity contribution >= 4 is 23.4 Å². The van der Waals surface area contributed by atoms with Gasteiger partial charge in [-0.1, -0.05) is 0 Å². The van der Waals surface area contributed by atoms with Gasteiger partial charge in [-0.05, 0) is 30.7 Å². The molecule has 0 aliphatic rings. The first-order valence-corrected chi connectivity index (χ1v) is 6.06. The van der Waals surface area contributed by atoms with Crippen molar-refractivity contribution in [1.29, 1.82) is 0 Å². The summed E-state index contributed by atoms with van der Waals surface area (Å²) >= 11 is 1.02. The van der Waals surface area contributed by atoms with Crippen LogP contribution < -0.4 is 5.73 Å². The summed E-state index contributed by atoms with van der Waals surface area (Å²) in [5, 5.41) is 7.99. The number of nitrogen functional groups attached to an aromatic ring is 1. The molecule has 3 nitrogen and oxygen atoms in total. The van der Waals surface area contributed by atoms with Gasteiger partial charge in [0.2, 0.25) is 0 Å². The summed E-state index contributed by atoms with van der Waals surface area (Å²) in [5.74, 6) is -0.881. The third-order valence-electron chi connectivity index (χ3n) is 2.31. The maximum atomic E-state index is 12.5. The van der Waals surface area contributed by atoms with Crippen molar-refractivity contribution in [2.45, 2.75) is 24.1 Å². The Bertz CT molecular complexity index is 448. The van der Waals surface area contributed by atoms with Crippen LogP contribution in [0.25, 0.3) is 0 Å². The second kappa shape index (κ2) is 5.51. The number of carboxylic acid groups (broad SMARTS) is 1. The fourth-order valence-electron chi connectivity index (χ4n) is 1.19. The molecular formula is C11H12F3NO2S. The minimum absolute atomic E-state index is 0.128. The molecular weight excluding hydrogens is 267 g/mol. The van der Waals surface area contributed by atoms with Crippen LogP contribution in [0.1, 0.15) is 18.1 Å². The summed E-state index contributed by atoms with van der Waals surface area (Å²) in [7, 11) is 0. The largest absolute Gasteiger partial charge is 0.480 e. The zero-order valence-corrected chi connectivity index (χ0v) is 10.3. The third-order valence-corrected chi connectivity index (χ3v) is 3.49. The predicted octanol–water partition coefficient (Wildman–Crippen LogP) is 2.99. The van der Waals surface area contributed by atoms with E-state index in [1.807, 2.05) is 0 Å². The van der Waals surface area contributed by atoms with Gasteiger partial charge in [-0.3, -0.25) is 4.79 Å². The molecule has 1 aromatic rings. The highest BCUT2D eigenvalue weighted by Crippen LogP contribution is 2.32. The summed E-state index contributed by atoms with van der Waals surface area (Å²) in [6.07, 6.45) is -4.43. The summed E-state index contributed by atoms with van der Waals surface area (Å²) in [6.45, 7) is 1.47. The number of rotatable bonds is 4. The number of nitrogens with two attached hydrogens (primary N) is 1. The number of alkyl halides is 3. The molecule has 3 N–H and O–H groups in total. The van der Waals surface area contributed by atoms with Crippen LogP contribution in [0.15, 0.2) is 18.2 Å². The number of thioether (sulfide) groups is 1. The van der Waals surface area contributed by atoms with Crippen molar-refractivity contribution in [2.24, 2.45) is 0 Å². The molecule has 0 saturated carbocycles. The minimum atomic E-state index is -4.43. The summed E-state index contributed by atoms with van der Waals surface area (Å²) in [4.78, 5) is 10.6. The van der Waals surface area contributed by atoms with Crippen LogP contribution in [0, 0.1) is 0 Å². The average Bonchev–Trinajstić information content (AvgIpc) is 2.25. The van der Waals surface area contributed by atoms with Gasteiger partial charge < -0.3 is 10.8 Å². The molecule has 0 amide bonds. The molecule has 0 heterocycles. The van der Waals surface area contributed by atoms with Crippen LogP contribution in [0.3, 0.4) is 0 Å². The molecule has 0 aromatic heterocycles. The normalized spacial score (nSPS) is 13.3. The smallest absolute Gasteiger partial charge is 0.416 e. The molecule has 0 radical (unpaired) electrons. The highest BCUT2D eigenvalue weighted by atomic mass is 32.2. The molecule has 7 heteroatoms. The Hall–Kier alpha value is -1.37. The van der Waals surface area contributed by atoms with Crippen LogP contribution in [-0.2, 0) is 16.7 Å². The SMILES string of the molecule is C[C@@H](SCc1cc(C(F)(F)F)ccc1N)C(=O)O. The van der Waals surface area contributed by atoms with E-state index in [-0.39, 0.29) is 11.4 Å². The first-order chi connectivity index (χ1) is 8.21. The lowest BCUT2D eigenvalue weighted by atomic mass is 10.1. The monoisotopic (exact) mass is 279 g/mol. The van der Waals surface area contributed by atoms with Gasteiger partial charge >= 0.3 is 12.1 Å². The van der Waals surface area contributed by atoms with Gasteiger partial charge in [0.05, 0.1) is 10.8 Å². The summed E-state index contributed by atoms with van der Waals surface area (Å²) in [6, 6.07) is 3.05. The van der Waals surface area contributed by atoms with Gasteiger partial charge in [0.1, 0.15) is 0 Å². The Morgan fingerprint density at radius 1 is 1.50 bits per heavy atom. The molecule has 0 aliphatic carbocycles. The van der Waals surface area contributed by atoms with E-state index in [9.17, 15) is 18.0 Å². The predicted molar refractivity (Wildman–Crippen MR) is 64.2 cm³/mol. The van der Waals surface area contributed by atoms with E-state index < -0.39 is 23.0 Å². The number of halogens is 3. The van der Waals surface area contributed by atoms with Crippen molar-refractivity contribution < 1.29 is 23.1 Å². The van der Waals surface area contributed by atoms with Gasteiger partial charge in [0.25, 0.3) is 0 Å². The Kier molecular flexibility index (Phi) is 4.50. The average molecular weight is 279 g/mol. The topological polar surface area (TPSA) is 63.3 Å². The van der Waals surface area contributed by atoms with E-state index in [0.29, 0.717) is 5.56 Å². The second-order valence-corrected chi connectivity index (χ2v) is 5.03. The number of benzene rings is 1. The van der Waals surface area contributed by atoms with E-state index >= 15 is 0 Å². The van der Waals surface area contributed by atoms with E-state index in [1.54, 1.807) is 0 Å². The first kappa shape index (κ1) is 14.7. The van der Waals surface area contributed by atoms with Crippen molar-refractivity contribution in [3.8, 4) is 0 Å². The maximum Gasteiger partial charge on any atom is 0.416 e. The number of hydrogen-bond acceptors (Lipinski definition) is 3. The molecule has 18 heavy (non-hydrogen) atoms. The molecule has 1 atom stereocenters. The molecule has 0 spiro atoms. The number of carbonyl (C=O) groups is 1. The second-order valence-electron chi connectivity index (χ2n) is 3.70. The first-order valence-electron chi connectivity index (χ1n) is 5.02. The molecule has 0 aliphatic heterocycles. The lowest BCUT2D eigenvalue weighted by Gasteiger charge is -2.12. The van der Waals surface area contributed by atoms with Gasteiger partial charge in [0.15, 0.2) is 0 Å². The van der Waals surface area contributed by atoms with E-state index in [4.69, 9.17) is 10.8 Å². The standard InChI is InChI=1S/C11H12F3NO2S/c1-6(10(16)17)18-5-7-4-8(11(12,13)14)2-3-9(7)15/h2-4,6H,5,15H2,1H3,(H,16,17)/t6-/m1/s1. The van der Waals surface area contributed by atoms with Gasteiger partial charge in [-0.15, -0.1) is 11.8 Å². The van der Waals surface area contributed by atoms with Gasteiger partial charge in [-0.2, -0.15) is 13.2 Å². The molecule has 1 aromatic carbocycles. The molecule has 0 fully saturated rings. The fraction of sp³-hybridized carbons (Fsp3) is 0.364. The molecule has 1 rings (SSSR count). The lowest BCUT2D eigenvalue weighted by molar-refractivity contribution is -0.138. The lowest BCUT2D eigenvalue weighted by Crippen LogP contribution is -2.12. The number of aliphatic carboxylic acids is 1. The highest BCUT2D eigenvalue weighted by Gasteiger charge is 2.30. The highest BCUT2D eigenvalue weighted by molar-refractivity contribution is 7.99. The Labute approximate surface area is 106 Å². The number of carboxylic acids is 1. The molecule has 100 valence electrons. The van der Waals surface area contributed by atoms with Crippen molar-refractivity contribution in [3.63, 3.8) is 0 Å². The van der Waals surface area contributed by atoms with E-state index in [1.165, 1.54) is 13.0 Å². The zero-order valence-electron chi connectivity index (χ0n) is 9.49. The third kappa shape index (κ3) is 3.83. The molecule has 0 unspecified atom stereocenters. The van der Waals surface area contributed by atoms with Crippen molar-refractivity contribution in [3.05, 3.63) is 29.3 Å². The maximum absolute atomic E-state index is 12.5. The van der Waals surface area contributed by atoms with Crippen LogP contribution >= 0.6 is 11.8 Å². The zero-order chi connectivity index (χ0) is 13.9. The Balaban J connectivity index is 2.85. The summed E-state index contributed by atoms with van der Waals surface area (Å²) < 4.78 is 37.5. The van der Waals surface area contributed by atoms with E-state index in [2.05, 4.69) is 0 Å². The quantitative estimate of drug-likeness (QED) is 0.832. The molecule has 0 saturated heterocycles. The van der Waals surface area contributed by atoms with E-state index in [0.717, 1.165) is 23.9 Å². The van der Waals surface area contributed by atoms with Crippen LogP contribution in [0.5, 0.6) is 0 Å².